The van der Waals surface area contributed by atoms with Crippen LogP contribution in [0.15, 0.2) is 24.3 Å². The Balaban J connectivity index is 2.05. The first-order chi connectivity index (χ1) is 10.1. The molecule has 1 aromatic carbocycles. The average Bonchev–Trinajstić information content (AvgIpc) is 2.92. The standard InChI is InChI=1S/C15H21N5O/c1-4-20(5-2)10-12-7-6-8-13(9-12)17-15(21)14-16-11(3)18-19-14/h6-9H,4-5,10H2,1-3H3,(H,17,21)(H,16,18,19). The van der Waals surface area contributed by atoms with Crippen molar-refractivity contribution in [3.05, 3.63) is 41.5 Å². The highest BCUT2D eigenvalue weighted by molar-refractivity contribution is 6.01. The van der Waals surface area contributed by atoms with E-state index in [1.54, 1.807) is 6.92 Å². The molecule has 21 heavy (non-hydrogen) atoms. The molecule has 1 amide bonds. The first-order valence-electron chi connectivity index (χ1n) is 7.14. The molecular weight excluding hydrogens is 266 g/mol. The quantitative estimate of drug-likeness (QED) is 0.854. The number of hydrogen-bond acceptors (Lipinski definition) is 4. The molecular formula is C15H21N5O. The number of carbonyl (C=O) groups is 1. The Morgan fingerprint density at radius 3 is 2.71 bits per heavy atom. The lowest BCUT2D eigenvalue weighted by Crippen LogP contribution is -2.22. The molecule has 1 heterocycles. The van der Waals surface area contributed by atoms with Gasteiger partial charge >= 0.3 is 0 Å². The van der Waals surface area contributed by atoms with Crippen LogP contribution in [0.2, 0.25) is 0 Å². The number of rotatable bonds is 6. The number of H-pyrrole nitrogens is 1. The van der Waals surface area contributed by atoms with Crippen molar-refractivity contribution >= 4 is 11.6 Å². The largest absolute Gasteiger partial charge is 0.319 e. The van der Waals surface area contributed by atoms with Crippen molar-refractivity contribution in [1.82, 2.24) is 20.1 Å². The minimum absolute atomic E-state index is 0.154. The molecule has 0 aliphatic heterocycles. The molecule has 0 bridgehead atoms. The van der Waals surface area contributed by atoms with Crippen LogP contribution in [0, 0.1) is 6.92 Å². The van der Waals surface area contributed by atoms with E-state index in [9.17, 15) is 4.79 Å². The van der Waals surface area contributed by atoms with Crippen molar-refractivity contribution in [3.8, 4) is 0 Å². The van der Waals surface area contributed by atoms with E-state index in [-0.39, 0.29) is 11.7 Å². The van der Waals surface area contributed by atoms with E-state index >= 15 is 0 Å². The maximum atomic E-state index is 12.0. The number of hydrogen-bond donors (Lipinski definition) is 2. The van der Waals surface area contributed by atoms with E-state index in [4.69, 9.17) is 0 Å². The normalized spacial score (nSPS) is 10.9. The van der Waals surface area contributed by atoms with Gasteiger partial charge in [-0.2, -0.15) is 0 Å². The fourth-order valence-electron chi connectivity index (χ4n) is 2.08. The minimum atomic E-state index is -0.306. The van der Waals surface area contributed by atoms with Gasteiger partial charge in [0, 0.05) is 12.2 Å². The molecule has 0 spiro atoms. The Bertz CT molecular complexity index is 604. The van der Waals surface area contributed by atoms with Gasteiger partial charge in [-0.05, 0) is 37.7 Å². The zero-order chi connectivity index (χ0) is 15.2. The van der Waals surface area contributed by atoms with Crippen molar-refractivity contribution in [1.29, 1.82) is 0 Å². The highest BCUT2D eigenvalue weighted by atomic mass is 16.2. The van der Waals surface area contributed by atoms with Crippen LogP contribution in [0.25, 0.3) is 0 Å². The molecule has 112 valence electrons. The monoisotopic (exact) mass is 287 g/mol. The van der Waals surface area contributed by atoms with E-state index in [1.165, 1.54) is 5.56 Å². The number of amides is 1. The summed E-state index contributed by atoms with van der Waals surface area (Å²) in [5.74, 6) is 0.469. The summed E-state index contributed by atoms with van der Waals surface area (Å²) in [5.41, 5.74) is 1.93. The number of nitrogens with one attached hydrogen (secondary N) is 2. The van der Waals surface area contributed by atoms with Crippen molar-refractivity contribution < 1.29 is 4.79 Å². The molecule has 0 saturated heterocycles. The second kappa shape index (κ2) is 6.99. The Morgan fingerprint density at radius 1 is 1.33 bits per heavy atom. The summed E-state index contributed by atoms with van der Waals surface area (Å²) < 4.78 is 0. The predicted octanol–water partition coefficient (Wildman–Crippen LogP) is 2.21. The van der Waals surface area contributed by atoms with Crippen molar-refractivity contribution in [3.63, 3.8) is 0 Å². The summed E-state index contributed by atoms with van der Waals surface area (Å²) in [7, 11) is 0. The number of aromatic amines is 1. The molecule has 6 nitrogen and oxygen atoms in total. The van der Waals surface area contributed by atoms with Gasteiger partial charge in [0.25, 0.3) is 5.91 Å². The van der Waals surface area contributed by atoms with Gasteiger partial charge in [-0.3, -0.25) is 14.8 Å². The lowest BCUT2D eigenvalue weighted by Gasteiger charge is -2.18. The molecule has 0 unspecified atom stereocenters. The van der Waals surface area contributed by atoms with Gasteiger partial charge in [-0.25, -0.2) is 4.98 Å². The summed E-state index contributed by atoms with van der Waals surface area (Å²) >= 11 is 0. The van der Waals surface area contributed by atoms with E-state index in [1.807, 2.05) is 18.2 Å². The van der Waals surface area contributed by atoms with Gasteiger partial charge < -0.3 is 5.32 Å². The summed E-state index contributed by atoms with van der Waals surface area (Å²) in [6, 6.07) is 7.85. The fraction of sp³-hybridized carbons (Fsp3) is 0.400. The van der Waals surface area contributed by atoms with Crippen LogP contribution in [-0.2, 0) is 6.54 Å². The summed E-state index contributed by atoms with van der Waals surface area (Å²) in [5, 5.41) is 9.33. The van der Waals surface area contributed by atoms with Crippen LogP contribution in [0.4, 0.5) is 5.69 Å². The van der Waals surface area contributed by atoms with E-state index in [2.05, 4.69) is 45.3 Å². The second-order valence-corrected chi connectivity index (χ2v) is 4.86. The van der Waals surface area contributed by atoms with Crippen LogP contribution in [0.5, 0.6) is 0 Å². The number of carbonyl (C=O) groups excluding carboxylic acids is 1. The molecule has 2 rings (SSSR count). The fourth-order valence-corrected chi connectivity index (χ4v) is 2.08. The van der Waals surface area contributed by atoms with Crippen LogP contribution < -0.4 is 5.32 Å². The predicted molar refractivity (Wildman–Crippen MR) is 82.1 cm³/mol. The van der Waals surface area contributed by atoms with Gasteiger partial charge in [0.1, 0.15) is 5.82 Å². The lowest BCUT2D eigenvalue weighted by atomic mass is 10.2. The van der Waals surface area contributed by atoms with Gasteiger partial charge in [0.2, 0.25) is 5.82 Å². The third kappa shape index (κ3) is 4.13. The molecule has 0 aliphatic rings. The van der Waals surface area contributed by atoms with Crippen molar-refractivity contribution in [2.75, 3.05) is 18.4 Å². The van der Waals surface area contributed by atoms with Crippen LogP contribution in [0.3, 0.4) is 0 Å². The molecule has 0 radical (unpaired) electrons. The Morgan fingerprint density at radius 2 is 2.10 bits per heavy atom. The number of anilines is 1. The van der Waals surface area contributed by atoms with Gasteiger partial charge in [0.15, 0.2) is 0 Å². The third-order valence-electron chi connectivity index (χ3n) is 3.29. The number of aryl methyl sites for hydroxylation is 1. The Hall–Kier alpha value is -2.21. The molecule has 0 fully saturated rings. The summed E-state index contributed by atoms with van der Waals surface area (Å²) in [6.07, 6.45) is 0. The molecule has 2 N–H and O–H groups in total. The Labute approximate surface area is 124 Å². The maximum Gasteiger partial charge on any atom is 0.295 e. The zero-order valence-corrected chi connectivity index (χ0v) is 12.7. The maximum absolute atomic E-state index is 12.0. The summed E-state index contributed by atoms with van der Waals surface area (Å²) in [6.45, 7) is 8.92. The Kier molecular flexibility index (Phi) is 5.05. The molecule has 0 aliphatic carbocycles. The SMILES string of the molecule is CCN(CC)Cc1cccc(NC(=O)c2n[nH]c(C)n2)c1. The second-order valence-electron chi connectivity index (χ2n) is 4.86. The number of benzene rings is 1. The smallest absolute Gasteiger partial charge is 0.295 e. The molecule has 1 aromatic heterocycles. The summed E-state index contributed by atoms with van der Waals surface area (Å²) in [4.78, 5) is 18.3. The van der Waals surface area contributed by atoms with E-state index in [0.717, 1.165) is 25.3 Å². The van der Waals surface area contributed by atoms with Gasteiger partial charge in [-0.15, -0.1) is 5.10 Å². The first-order valence-corrected chi connectivity index (χ1v) is 7.14. The highest BCUT2D eigenvalue weighted by Gasteiger charge is 2.11. The number of aromatic nitrogens is 3. The first kappa shape index (κ1) is 15.2. The molecule has 0 atom stereocenters. The van der Waals surface area contributed by atoms with Gasteiger partial charge in [0.05, 0.1) is 0 Å². The number of nitrogens with zero attached hydrogens (tertiary/aromatic N) is 3. The third-order valence-corrected chi connectivity index (χ3v) is 3.29. The van der Waals surface area contributed by atoms with Crippen LogP contribution in [0.1, 0.15) is 35.9 Å². The minimum Gasteiger partial charge on any atom is -0.319 e. The molecule has 2 aromatic rings. The van der Waals surface area contributed by atoms with Crippen LogP contribution >= 0.6 is 0 Å². The highest BCUT2D eigenvalue weighted by Crippen LogP contribution is 2.13. The van der Waals surface area contributed by atoms with Gasteiger partial charge in [-0.1, -0.05) is 26.0 Å². The molecule has 0 saturated carbocycles. The van der Waals surface area contributed by atoms with Crippen LogP contribution in [-0.4, -0.2) is 39.1 Å². The van der Waals surface area contributed by atoms with E-state index in [0.29, 0.717) is 5.82 Å². The van der Waals surface area contributed by atoms with Crippen molar-refractivity contribution in [2.24, 2.45) is 0 Å². The van der Waals surface area contributed by atoms with Crippen molar-refractivity contribution in [2.45, 2.75) is 27.3 Å². The topological polar surface area (TPSA) is 73.9 Å². The molecule has 6 heteroatoms. The average molecular weight is 287 g/mol. The zero-order valence-electron chi connectivity index (χ0n) is 12.7. The lowest BCUT2D eigenvalue weighted by molar-refractivity contribution is 0.101. The van der Waals surface area contributed by atoms with E-state index < -0.39 is 0 Å².